The zero-order valence-corrected chi connectivity index (χ0v) is 11.6. The minimum absolute atomic E-state index is 0.170. The standard InChI is InChI=1S/C11H18N2O2S2/c1-13(9-4-2-3-5-9)17(14,15)11-7-6-10(8-12)16-11/h6-7,9H,2-5,8,12H2,1H3. The average Bonchev–Trinajstić information content (AvgIpc) is 2.98. The van der Waals surface area contributed by atoms with Gasteiger partial charge in [-0.3, -0.25) is 0 Å². The van der Waals surface area contributed by atoms with E-state index < -0.39 is 10.0 Å². The van der Waals surface area contributed by atoms with Crippen LogP contribution < -0.4 is 5.73 Å². The molecule has 0 aliphatic heterocycles. The van der Waals surface area contributed by atoms with Gasteiger partial charge in [-0.25, -0.2) is 8.42 Å². The summed E-state index contributed by atoms with van der Waals surface area (Å²) in [6, 6.07) is 3.62. The normalized spacial score (nSPS) is 18.1. The number of nitrogens with two attached hydrogens (primary N) is 1. The minimum atomic E-state index is -3.32. The van der Waals surface area contributed by atoms with Crippen molar-refractivity contribution in [1.82, 2.24) is 4.31 Å². The maximum absolute atomic E-state index is 12.3. The smallest absolute Gasteiger partial charge is 0.252 e. The lowest BCUT2D eigenvalue weighted by Crippen LogP contribution is -2.34. The van der Waals surface area contributed by atoms with Gasteiger partial charge in [0.05, 0.1) is 0 Å². The van der Waals surface area contributed by atoms with Crippen molar-refractivity contribution < 1.29 is 8.42 Å². The van der Waals surface area contributed by atoms with Gasteiger partial charge in [0, 0.05) is 24.5 Å². The molecule has 0 atom stereocenters. The Bertz CT molecular complexity index is 475. The molecule has 0 aromatic carbocycles. The Kier molecular flexibility index (Phi) is 3.87. The lowest BCUT2D eigenvalue weighted by Gasteiger charge is -2.22. The van der Waals surface area contributed by atoms with Crippen molar-refractivity contribution >= 4 is 21.4 Å². The Hall–Kier alpha value is -0.430. The molecule has 1 aromatic heterocycles. The zero-order valence-electron chi connectivity index (χ0n) is 9.93. The fourth-order valence-corrected chi connectivity index (χ4v) is 5.05. The molecule has 1 aromatic rings. The molecule has 2 N–H and O–H groups in total. The van der Waals surface area contributed by atoms with Crippen molar-refractivity contribution in [3.05, 3.63) is 17.0 Å². The van der Waals surface area contributed by atoms with Gasteiger partial charge in [-0.15, -0.1) is 11.3 Å². The van der Waals surface area contributed by atoms with Gasteiger partial charge in [0.1, 0.15) is 4.21 Å². The van der Waals surface area contributed by atoms with E-state index in [0.717, 1.165) is 30.6 Å². The van der Waals surface area contributed by atoms with Gasteiger partial charge in [0.15, 0.2) is 0 Å². The van der Waals surface area contributed by atoms with Crippen molar-refractivity contribution in [2.45, 2.75) is 42.5 Å². The second-order valence-corrected chi connectivity index (χ2v) is 7.78. The van der Waals surface area contributed by atoms with Crippen LogP contribution in [0.15, 0.2) is 16.3 Å². The topological polar surface area (TPSA) is 63.4 Å². The quantitative estimate of drug-likeness (QED) is 0.910. The highest BCUT2D eigenvalue weighted by molar-refractivity contribution is 7.91. The molecule has 96 valence electrons. The van der Waals surface area contributed by atoms with Gasteiger partial charge >= 0.3 is 0 Å². The number of sulfonamides is 1. The molecule has 17 heavy (non-hydrogen) atoms. The third-order valence-electron chi connectivity index (χ3n) is 3.31. The molecule has 1 heterocycles. The minimum Gasteiger partial charge on any atom is -0.326 e. The second-order valence-electron chi connectivity index (χ2n) is 4.38. The summed E-state index contributed by atoms with van der Waals surface area (Å²) in [5, 5.41) is 0. The average molecular weight is 274 g/mol. The van der Waals surface area contributed by atoms with Crippen LogP contribution in [-0.2, 0) is 16.6 Å². The molecule has 1 aliphatic carbocycles. The highest BCUT2D eigenvalue weighted by Gasteiger charge is 2.30. The van der Waals surface area contributed by atoms with Gasteiger partial charge in [0.25, 0.3) is 10.0 Å². The first-order valence-electron chi connectivity index (χ1n) is 5.82. The maximum atomic E-state index is 12.3. The van der Waals surface area contributed by atoms with Crippen LogP contribution in [0.25, 0.3) is 0 Å². The van der Waals surface area contributed by atoms with Crippen LogP contribution in [0.5, 0.6) is 0 Å². The van der Waals surface area contributed by atoms with E-state index in [1.54, 1.807) is 19.2 Å². The monoisotopic (exact) mass is 274 g/mol. The largest absolute Gasteiger partial charge is 0.326 e. The van der Waals surface area contributed by atoms with E-state index in [1.807, 2.05) is 0 Å². The second kappa shape index (κ2) is 5.06. The number of rotatable bonds is 4. The number of nitrogens with zero attached hydrogens (tertiary/aromatic N) is 1. The third-order valence-corrected chi connectivity index (χ3v) is 6.80. The summed E-state index contributed by atoms with van der Waals surface area (Å²) in [6.07, 6.45) is 4.21. The summed E-state index contributed by atoms with van der Waals surface area (Å²) >= 11 is 1.27. The molecule has 0 unspecified atom stereocenters. The molecule has 0 spiro atoms. The molecule has 1 aliphatic rings. The SMILES string of the molecule is CN(C1CCCC1)S(=O)(=O)c1ccc(CN)s1. The lowest BCUT2D eigenvalue weighted by molar-refractivity contribution is 0.374. The number of hydrogen-bond acceptors (Lipinski definition) is 4. The third kappa shape index (κ3) is 2.54. The Morgan fingerprint density at radius 3 is 2.59 bits per heavy atom. The molecule has 6 heteroatoms. The maximum Gasteiger partial charge on any atom is 0.252 e. The fourth-order valence-electron chi connectivity index (χ4n) is 2.21. The Labute approximate surface area is 106 Å². The van der Waals surface area contributed by atoms with E-state index in [0.29, 0.717) is 10.8 Å². The van der Waals surface area contributed by atoms with E-state index in [4.69, 9.17) is 5.73 Å². The molecule has 1 saturated carbocycles. The van der Waals surface area contributed by atoms with E-state index >= 15 is 0 Å². The summed E-state index contributed by atoms with van der Waals surface area (Å²) in [5.41, 5.74) is 5.51. The van der Waals surface area contributed by atoms with Crippen LogP contribution in [0, 0.1) is 0 Å². The highest BCUT2D eigenvalue weighted by atomic mass is 32.2. The van der Waals surface area contributed by atoms with Crippen LogP contribution in [0.3, 0.4) is 0 Å². The molecule has 0 amide bonds. The van der Waals surface area contributed by atoms with Crippen molar-refractivity contribution in [3.8, 4) is 0 Å². The highest BCUT2D eigenvalue weighted by Crippen LogP contribution is 2.30. The zero-order chi connectivity index (χ0) is 12.5. The van der Waals surface area contributed by atoms with Crippen LogP contribution >= 0.6 is 11.3 Å². The number of thiophene rings is 1. The first-order valence-corrected chi connectivity index (χ1v) is 8.08. The predicted octanol–water partition coefficient (Wildman–Crippen LogP) is 1.77. The first-order chi connectivity index (χ1) is 8.05. The van der Waals surface area contributed by atoms with E-state index in [-0.39, 0.29) is 6.04 Å². The molecule has 0 radical (unpaired) electrons. The fraction of sp³-hybridized carbons (Fsp3) is 0.636. The predicted molar refractivity (Wildman–Crippen MR) is 69.4 cm³/mol. The van der Waals surface area contributed by atoms with Crippen molar-refractivity contribution in [2.75, 3.05) is 7.05 Å². The van der Waals surface area contributed by atoms with Gasteiger partial charge < -0.3 is 5.73 Å². The molecular weight excluding hydrogens is 256 g/mol. The summed E-state index contributed by atoms with van der Waals surface area (Å²) in [7, 11) is -1.63. The van der Waals surface area contributed by atoms with Gasteiger partial charge in [-0.1, -0.05) is 12.8 Å². The molecule has 4 nitrogen and oxygen atoms in total. The van der Waals surface area contributed by atoms with Crippen LogP contribution in [0.1, 0.15) is 30.6 Å². The van der Waals surface area contributed by atoms with E-state index in [2.05, 4.69) is 0 Å². The summed E-state index contributed by atoms with van der Waals surface area (Å²) in [5.74, 6) is 0. The van der Waals surface area contributed by atoms with Crippen LogP contribution in [0.4, 0.5) is 0 Å². The van der Waals surface area contributed by atoms with Crippen molar-refractivity contribution in [3.63, 3.8) is 0 Å². The van der Waals surface area contributed by atoms with Gasteiger partial charge in [-0.2, -0.15) is 4.31 Å². The van der Waals surface area contributed by atoms with Crippen LogP contribution in [0.2, 0.25) is 0 Å². The summed E-state index contributed by atoms with van der Waals surface area (Å²) < 4.78 is 26.6. The van der Waals surface area contributed by atoms with Gasteiger partial charge in [-0.05, 0) is 25.0 Å². The van der Waals surface area contributed by atoms with E-state index in [1.165, 1.54) is 15.6 Å². The number of hydrogen-bond donors (Lipinski definition) is 1. The van der Waals surface area contributed by atoms with Crippen LogP contribution in [-0.4, -0.2) is 25.8 Å². The van der Waals surface area contributed by atoms with E-state index in [9.17, 15) is 8.42 Å². The lowest BCUT2D eigenvalue weighted by atomic mass is 10.3. The van der Waals surface area contributed by atoms with Crippen molar-refractivity contribution in [1.29, 1.82) is 0 Å². The Balaban J connectivity index is 2.22. The summed E-state index contributed by atoms with van der Waals surface area (Å²) in [6.45, 7) is 0.396. The molecule has 1 fully saturated rings. The first kappa shape index (κ1) is 13.0. The Morgan fingerprint density at radius 1 is 1.41 bits per heavy atom. The molecule has 0 bridgehead atoms. The molecule has 2 rings (SSSR count). The molecular formula is C11H18N2O2S2. The Morgan fingerprint density at radius 2 is 2.06 bits per heavy atom. The van der Waals surface area contributed by atoms with Crippen molar-refractivity contribution in [2.24, 2.45) is 5.73 Å². The summed E-state index contributed by atoms with van der Waals surface area (Å²) in [4.78, 5) is 0.906. The van der Waals surface area contributed by atoms with Gasteiger partial charge in [0.2, 0.25) is 0 Å². The molecule has 0 saturated heterocycles.